The van der Waals surface area contributed by atoms with E-state index in [4.69, 9.17) is 12.6 Å². The smallest absolute Gasteiger partial charge is 0.220 e. The van der Waals surface area contributed by atoms with Crippen molar-refractivity contribution in [1.82, 2.24) is 5.32 Å². The van der Waals surface area contributed by atoms with E-state index in [1.165, 1.54) is 0 Å². The van der Waals surface area contributed by atoms with E-state index in [1.807, 2.05) is 41.8 Å². The van der Waals surface area contributed by atoms with Crippen molar-refractivity contribution in [1.29, 1.82) is 0 Å². The number of aldehydes is 1. The molecule has 0 atom stereocenters. The van der Waals surface area contributed by atoms with Gasteiger partial charge in [-0.2, -0.15) is 0 Å². The number of nitrogens with zero attached hydrogens (tertiary/aromatic N) is 1. The third-order valence-electron chi connectivity index (χ3n) is 3.80. The average Bonchev–Trinajstić information content (AvgIpc) is 2.34. The second-order valence-electron chi connectivity index (χ2n) is 8.21. The van der Waals surface area contributed by atoms with Gasteiger partial charge in [0.1, 0.15) is 6.54 Å². The zero-order valence-corrected chi connectivity index (χ0v) is 15.8. The topological polar surface area (TPSA) is 55.4 Å². The highest BCUT2D eigenvalue weighted by atomic mass is 16.5. The van der Waals surface area contributed by atoms with Gasteiger partial charge in [-0.15, -0.1) is 0 Å². The van der Waals surface area contributed by atoms with Gasteiger partial charge in [0.15, 0.2) is 6.29 Å². The minimum Gasteiger partial charge on any atom is -0.376 e. The molecule has 0 unspecified atom stereocenters. The second-order valence-corrected chi connectivity index (χ2v) is 8.21. The van der Waals surface area contributed by atoms with E-state index in [-0.39, 0.29) is 16.8 Å². The summed E-state index contributed by atoms with van der Waals surface area (Å²) in [5.41, 5.74) is -0.338. The number of quaternary nitrogens is 1. The molecule has 1 N–H and O–H groups in total. The first-order chi connectivity index (χ1) is 10.4. The molecule has 0 bridgehead atoms. The van der Waals surface area contributed by atoms with Crippen LogP contribution in [-0.2, 0) is 14.3 Å². The third kappa shape index (κ3) is 13.3. The lowest BCUT2D eigenvalue weighted by molar-refractivity contribution is -0.880. The molecular formula is C17H34BN2O3+. The van der Waals surface area contributed by atoms with Gasteiger partial charge in [-0.05, 0) is 26.7 Å². The van der Waals surface area contributed by atoms with Crippen LogP contribution in [0.1, 0.15) is 47.0 Å². The molecule has 0 aromatic heterocycles. The fourth-order valence-corrected chi connectivity index (χ4v) is 1.96. The van der Waals surface area contributed by atoms with Crippen LogP contribution in [0.5, 0.6) is 0 Å². The summed E-state index contributed by atoms with van der Waals surface area (Å²) in [7, 11) is 9.87. The van der Waals surface area contributed by atoms with Crippen molar-refractivity contribution in [2.45, 2.75) is 57.9 Å². The summed E-state index contributed by atoms with van der Waals surface area (Å²) < 4.78 is 6.42. The molecule has 2 radical (unpaired) electrons. The zero-order valence-electron chi connectivity index (χ0n) is 15.8. The molecule has 0 aliphatic carbocycles. The third-order valence-corrected chi connectivity index (χ3v) is 3.80. The zero-order chi connectivity index (χ0) is 18.1. The van der Waals surface area contributed by atoms with Crippen LogP contribution < -0.4 is 5.32 Å². The average molecular weight is 325 g/mol. The maximum Gasteiger partial charge on any atom is 0.220 e. The first-order valence-electron chi connectivity index (χ1n) is 8.32. The molecule has 0 fully saturated rings. The number of likely N-dealkylation sites (N-methyl/N-ethyl adjacent to an activating group) is 1. The van der Waals surface area contributed by atoms with Gasteiger partial charge in [0.05, 0.1) is 40.6 Å². The molecule has 6 heteroatoms. The van der Waals surface area contributed by atoms with E-state index in [0.717, 1.165) is 19.3 Å². The number of rotatable bonds is 12. The number of nitrogens with one attached hydrogen (secondary N) is 1. The molecule has 5 nitrogen and oxygen atoms in total. The molecule has 1 amide bonds. The van der Waals surface area contributed by atoms with Crippen LogP contribution >= 0.6 is 0 Å². The lowest BCUT2D eigenvalue weighted by Gasteiger charge is -2.28. The molecule has 0 aliphatic rings. The Hall–Kier alpha value is -0.875. The van der Waals surface area contributed by atoms with Crippen molar-refractivity contribution >= 4 is 20.0 Å². The van der Waals surface area contributed by atoms with Crippen LogP contribution in [0.2, 0.25) is 5.31 Å². The maximum atomic E-state index is 11.9. The van der Waals surface area contributed by atoms with Crippen LogP contribution in [0.25, 0.3) is 0 Å². The predicted molar refractivity (Wildman–Crippen MR) is 94.6 cm³/mol. The van der Waals surface area contributed by atoms with Gasteiger partial charge in [0.25, 0.3) is 0 Å². The van der Waals surface area contributed by atoms with Gasteiger partial charge in [-0.3, -0.25) is 9.59 Å². The molecule has 0 aliphatic heterocycles. The van der Waals surface area contributed by atoms with Crippen molar-refractivity contribution in [3.05, 3.63) is 0 Å². The van der Waals surface area contributed by atoms with Gasteiger partial charge >= 0.3 is 0 Å². The van der Waals surface area contributed by atoms with Crippen molar-refractivity contribution < 1.29 is 18.8 Å². The molecular weight excluding hydrogens is 291 g/mol. The van der Waals surface area contributed by atoms with E-state index >= 15 is 0 Å². The first-order valence-corrected chi connectivity index (χ1v) is 8.32. The largest absolute Gasteiger partial charge is 0.376 e. The van der Waals surface area contributed by atoms with Gasteiger partial charge in [0.2, 0.25) is 5.91 Å². The Balaban J connectivity index is 3.96. The fourth-order valence-electron chi connectivity index (χ4n) is 1.96. The number of amides is 1. The van der Waals surface area contributed by atoms with Gasteiger partial charge in [-0.25, -0.2) is 0 Å². The molecule has 0 aromatic carbocycles. The van der Waals surface area contributed by atoms with Crippen molar-refractivity contribution in [2.75, 3.05) is 40.3 Å². The van der Waals surface area contributed by atoms with Crippen LogP contribution in [-0.4, -0.2) is 70.5 Å². The summed E-state index contributed by atoms with van der Waals surface area (Å²) in [4.78, 5) is 22.5. The fraction of sp³-hybridized carbons (Fsp3) is 0.882. The van der Waals surface area contributed by atoms with E-state index in [0.29, 0.717) is 37.0 Å². The maximum absolute atomic E-state index is 11.9. The highest BCUT2D eigenvalue weighted by molar-refractivity contribution is 6.14. The summed E-state index contributed by atoms with van der Waals surface area (Å²) in [6, 6.07) is 0. The Labute approximate surface area is 143 Å². The standard InChI is InChI=1S/C17H33BN2O3/c1-16(2,18)9-14-23-17(3,4)8-7-15(22)19-10-11-20(5,6)12-13-21/h13H,7-12,14H2,1-6H3/p+1. The van der Waals surface area contributed by atoms with Gasteiger partial charge in [0, 0.05) is 13.0 Å². The van der Waals surface area contributed by atoms with Crippen molar-refractivity contribution in [3.63, 3.8) is 0 Å². The number of ether oxygens (including phenoxy) is 1. The summed E-state index contributed by atoms with van der Waals surface area (Å²) in [6.07, 6.45) is 2.78. The summed E-state index contributed by atoms with van der Waals surface area (Å²) in [5, 5.41) is 2.67. The molecule has 23 heavy (non-hydrogen) atoms. The number of carbonyl (C=O) groups excluding carboxylic acids is 2. The quantitative estimate of drug-likeness (QED) is 0.338. The first kappa shape index (κ1) is 22.1. The highest BCUT2D eigenvalue weighted by Gasteiger charge is 2.21. The summed E-state index contributed by atoms with van der Waals surface area (Å²) >= 11 is 0. The monoisotopic (exact) mass is 325 g/mol. The van der Waals surface area contributed by atoms with Gasteiger partial charge in [-0.1, -0.05) is 19.2 Å². The number of hydrogen-bond acceptors (Lipinski definition) is 3. The Morgan fingerprint density at radius 2 is 1.83 bits per heavy atom. The molecule has 0 spiro atoms. The van der Waals surface area contributed by atoms with E-state index in [9.17, 15) is 9.59 Å². The van der Waals surface area contributed by atoms with Crippen LogP contribution in [0.3, 0.4) is 0 Å². The van der Waals surface area contributed by atoms with Crippen molar-refractivity contribution in [2.24, 2.45) is 0 Å². The second kappa shape index (κ2) is 9.43. The lowest BCUT2D eigenvalue weighted by Crippen LogP contribution is -2.46. The summed E-state index contributed by atoms with van der Waals surface area (Å²) in [5.74, 6) is 0.0203. The van der Waals surface area contributed by atoms with Crippen molar-refractivity contribution in [3.8, 4) is 0 Å². The van der Waals surface area contributed by atoms with E-state index < -0.39 is 0 Å². The normalized spacial score (nSPS) is 13.0. The molecule has 0 aromatic rings. The highest BCUT2D eigenvalue weighted by Crippen LogP contribution is 2.25. The molecule has 0 rings (SSSR count). The minimum atomic E-state index is -0.338. The Morgan fingerprint density at radius 1 is 1.22 bits per heavy atom. The minimum absolute atomic E-state index is 0.0203. The van der Waals surface area contributed by atoms with Gasteiger partial charge < -0.3 is 14.5 Å². The van der Waals surface area contributed by atoms with Crippen LogP contribution in [0, 0.1) is 0 Å². The molecule has 132 valence electrons. The Bertz CT molecular complexity index is 377. The molecule has 0 saturated carbocycles. The number of hydrogen-bond donors (Lipinski definition) is 1. The van der Waals surface area contributed by atoms with E-state index in [1.54, 1.807) is 0 Å². The van der Waals surface area contributed by atoms with E-state index in [2.05, 4.69) is 5.32 Å². The Kier molecular flexibility index (Phi) is 9.07. The predicted octanol–water partition coefficient (Wildman–Crippen LogP) is 1.71. The molecule has 0 saturated heterocycles. The van der Waals surface area contributed by atoms with Crippen LogP contribution in [0.15, 0.2) is 0 Å². The molecule has 0 heterocycles. The van der Waals surface area contributed by atoms with Crippen LogP contribution in [0.4, 0.5) is 0 Å². The Morgan fingerprint density at radius 3 is 2.35 bits per heavy atom. The lowest BCUT2D eigenvalue weighted by atomic mass is 9.70. The SMILES string of the molecule is [B]C(C)(C)CCOC(C)(C)CCC(=O)NCC[N+](C)(C)CC=O. The number of carbonyl (C=O) groups is 2. The summed E-state index contributed by atoms with van der Waals surface area (Å²) in [6.45, 7) is 10.3.